The van der Waals surface area contributed by atoms with Gasteiger partial charge < -0.3 is 14.0 Å². The average molecular weight is 460 g/mol. The molecule has 0 saturated carbocycles. The molecule has 150 valence electrons. The van der Waals surface area contributed by atoms with Crippen LogP contribution in [0.2, 0.25) is 0 Å². The molecule has 1 aromatic heterocycles. The van der Waals surface area contributed by atoms with E-state index >= 15 is 0 Å². The van der Waals surface area contributed by atoms with Crippen molar-refractivity contribution in [3.63, 3.8) is 0 Å². The molecule has 0 N–H and O–H groups in total. The second-order valence-corrected chi connectivity index (χ2v) is 6.82. The largest absolute Gasteiger partial charge is 0.494 e. The van der Waals surface area contributed by atoms with Crippen molar-refractivity contribution in [2.75, 3.05) is 6.61 Å². The Bertz CT molecular complexity index is 846. The number of benzene rings is 1. The zero-order valence-electron chi connectivity index (χ0n) is 14.9. The van der Waals surface area contributed by atoms with Crippen LogP contribution in [0.1, 0.15) is 25.1 Å². The summed E-state index contributed by atoms with van der Waals surface area (Å²) in [5, 5.41) is 8.93. The molecule has 0 aliphatic carbocycles. The summed E-state index contributed by atoms with van der Waals surface area (Å²) in [4.78, 5) is 15.8. The second-order valence-electron chi connectivity index (χ2n) is 5.90. The van der Waals surface area contributed by atoms with Crippen LogP contribution in [0.3, 0.4) is 0 Å². The molecule has 0 aliphatic heterocycles. The number of alkyl halides is 3. The summed E-state index contributed by atoms with van der Waals surface area (Å²) in [6.45, 7) is 0.121. The Morgan fingerprint density at radius 3 is 2.54 bits per heavy atom. The molecule has 1 heterocycles. The van der Waals surface area contributed by atoms with Crippen LogP contribution >= 0.6 is 15.9 Å². The number of nitrogens with zero attached hydrogens (tertiary/aromatic N) is 3. The van der Waals surface area contributed by atoms with Crippen molar-refractivity contribution in [1.82, 2.24) is 9.55 Å². The van der Waals surface area contributed by atoms with E-state index in [0.717, 1.165) is 15.2 Å². The number of hydrogen-bond donors (Lipinski definition) is 0. The first-order valence-electron chi connectivity index (χ1n) is 8.21. The number of carbonyl (C=O) groups excluding carboxylic acids is 1. The number of aryl methyl sites for hydroxylation is 1. The van der Waals surface area contributed by atoms with Gasteiger partial charge in [-0.15, -0.1) is 0 Å². The Kier molecular flexibility index (Phi) is 7.07. The summed E-state index contributed by atoms with van der Waals surface area (Å²) in [5.74, 6) is -1.07. The van der Waals surface area contributed by atoms with Crippen molar-refractivity contribution < 1.29 is 27.4 Å². The standard InChI is InChI=1S/C18H17BrF3N3O3/c1-25-11-10-24-16(25)17(8-9-23,18(20,21)22)28-15(26)3-2-12-27-14-6-4-13(19)5-7-14/h4-7,10-11H,2-3,8,12H2,1H3/t17-/m1/s1. The SMILES string of the molecule is Cn1ccnc1[C@@](CC#N)(OC(=O)CCCOc1ccc(Br)cc1)C(F)(F)F. The van der Waals surface area contributed by atoms with E-state index in [1.165, 1.54) is 19.3 Å². The third kappa shape index (κ3) is 5.04. The number of aromatic nitrogens is 2. The Morgan fingerprint density at radius 1 is 1.32 bits per heavy atom. The highest BCUT2D eigenvalue weighted by molar-refractivity contribution is 9.10. The van der Waals surface area contributed by atoms with Gasteiger partial charge in [0.15, 0.2) is 5.82 Å². The fourth-order valence-corrected chi connectivity index (χ4v) is 2.76. The number of halogens is 4. The minimum Gasteiger partial charge on any atom is -0.494 e. The zero-order valence-corrected chi connectivity index (χ0v) is 16.5. The van der Waals surface area contributed by atoms with Gasteiger partial charge in [0.05, 0.1) is 19.1 Å². The quantitative estimate of drug-likeness (QED) is 0.435. The van der Waals surface area contributed by atoms with Crippen molar-refractivity contribution in [1.29, 1.82) is 5.26 Å². The molecule has 0 amide bonds. The average Bonchev–Trinajstić information content (AvgIpc) is 3.05. The molecule has 0 spiro atoms. The Morgan fingerprint density at radius 2 is 2.00 bits per heavy atom. The van der Waals surface area contributed by atoms with Crippen LogP contribution in [-0.4, -0.2) is 28.3 Å². The van der Waals surface area contributed by atoms with E-state index in [4.69, 9.17) is 14.7 Å². The fraction of sp³-hybridized carbons (Fsp3) is 0.389. The highest BCUT2D eigenvalue weighted by Crippen LogP contribution is 2.44. The van der Waals surface area contributed by atoms with Crippen molar-refractivity contribution in [2.45, 2.75) is 31.0 Å². The van der Waals surface area contributed by atoms with E-state index in [-0.39, 0.29) is 19.4 Å². The van der Waals surface area contributed by atoms with Gasteiger partial charge in [-0.25, -0.2) is 4.98 Å². The summed E-state index contributed by atoms with van der Waals surface area (Å²) in [7, 11) is 1.33. The van der Waals surface area contributed by atoms with E-state index in [1.54, 1.807) is 24.3 Å². The maximum Gasteiger partial charge on any atom is 0.436 e. The molecule has 2 aromatic rings. The third-order valence-corrected chi connectivity index (χ3v) is 4.39. The van der Waals surface area contributed by atoms with Crippen LogP contribution in [-0.2, 0) is 22.2 Å². The maximum absolute atomic E-state index is 13.8. The van der Waals surface area contributed by atoms with Crippen molar-refractivity contribution >= 4 is 21.9 Å². The predicted octanol–water partition coefficient (Wildman–Crippen LogP) is 4.26. The summed E-state index contributed by atoms with van der Waals surface area (Å²) >= 11 is 3.29. The Balaban J connectivity index is 2.03. The molecule has 0 unspecified atom stereocenters. The number of carbonyl (C=O) groups is 1. The minimum absolute atomic E-state index is 0.121. The normalized spacial score (nSPS) is 13.4. The smallest absolute Gasteiger partial charge is 0.436 e. The monoisotopic (exact) mass is 459 g/mol. The first kappa shape index (κ1) is 21.8. The van der Waals surface area contributed by atoms with Gasteiger partial charge in [-0.3, -0.25) is 4.79 Å². The molecule has 28 heavy (non-hydrogen) atoms. The lowest BCUT2D eigenvalue weighted by Crippen LogP contribution is -2.48. The molecule has 1 atom stereocenters. The van der Waals surface area contributed by atoms with E-state index in [9.17, 15) is 18.0 Å². The fourth-order valence-electron chi connectivity index (χ4n) is 2.49. The van der Waals surface area contributed by atoms with Crippen molar-refractivity contribution in [3.05, 3.63) is 47.0 Å². The lowest BCUT2D eigenvalue weighted by atomic mass is 9.98. The topological polar surface area (TPSA) is 77.1 Å². The van der Waals surface area contributed by atoms with Crippen molar-refractivity contribution in [2.24, 2.45) is 7.05 Å². The molecule has 0 saturated heterocycles. The molecular formula is C18H17BrF3N3O3. The molecule has 6 nitrogen and oxygen atoms in total. The lowest BCUT2D eigenvalue weighted by Gasteiger charge is -2.32. The number of nitriles is 1. The lowest BCUT2D eigenvalue weighted by molar-refractivity contribution is -0.278. The molecule has 0 bridgehead atoms. The Labute approximate surface area is 168 Å². The highest BCUT2D eigenvalue weighted by Gasteiger charge is 2.62. The first-order chi connectivity index (χ1) is 13.2. The van der Waals surface area contributed by atoms with Crippen LogP contribution in [0.5, 0.6) is 5.75 Å². The molecule has 0 radical (unpaired) electrons. The number of imidazole rings is 1. The number of esters is 1. The van der Waals surface area contributed by atoms with Gasteiger partial charge in [0.1, 0.15) is 5.75 Å². The number of rotatable bonds is 8. The summed E-state index contributed by atoms with van der Waals surface area (Å²) in [5.41, 5.74) is -3.12. The van der Waals surface area contributed by atoms with Crippen LogP contribution in [0.4, 0.5) is 13.2 Å². The van der Waals surface area contributed by atoms with Gasteiger partial charge in [-0.1, -0.05) is 15.9 Å². The van der Waals surface area contributed by atoms with Crippen LogP contribution in [0.25, 0.3) is 0 Å². The summed E-state index contributed by atoms with van der Waals surface area (Å²) in [6, 6.07) is 8.42. The van der Waals surface area contributed by atoms with Gasteiger partial charge in [-0.05, 0) is 30.7 Å². The second kappa shape index (κ2) is 9.10. The van der Waals surface area contributed by atoms with Gasteiger partial charge in [0.25, 0.3) is 5.60 Å². The van der Waals surface area contributed by atoms with E-state index in [2.05, 4.69) is 20.9 Å². The molecular weight excluding hydrogens is 443 g/mol. The van der Waals surface area contributed by atoms with E-state index in [0.29, 0.717) is 5.75 Å². The summed E-state index contributed by atoms with van der Waals surface area (Å²) < 4.78 is 53.6. The molecule has 10 heteroatoms. The van der Waals surface area contributed by atoms with Gasteiger partial charge in [-0.2, -0.15) is 18.4 Å². The zero-order chi connectivity index (χ0) is 20.8. The molecule has 2 rings (SSSR count). The van der Waals surface area contributed by atoms with Gasteiger partial charge in [0, 0.05) is 30.3 Å². The number of hydrogen-bond acceptors (Lipinski definition) is 5. The highest BCUT2D eigenvalue weighted by atomic mass is 79.9. The van der Waals surface area contributed by atoms with Crippen molar-refractivity contribution in [3.8, 4) is 11.8 Å². The maximum atomic E-state index is 13.8. The van der Waals surface area contributed by atoms with Crippen LogP contribution in [0.15, 0.2) is 41.1 Å². The van der Waals surface area contributed by atoms with Crippen LogP contribution < -0.4 is 4.74 Å². The van der Waals surface area contributed by atoms with Gasteiger partial charge in [0.2, 0.25) is 0 Å². The number of ether oxygens (including phenoxy) is 2. The Hall–Kier alpha value is -2.54. The third-order valence-electron chi connectivity index (χ3n) is 3.86. The molecule has 0 aliphatic rings. The van der Waals surface area contributed by atoms with Crippen LogP contribution in [0, 0.1) is 11.3 Å². The van der Waals surface area contributed by atoms with E-state index in [1.807, 2.05) is 0 Å². The first-order valence-corrected chi connectivity index (χ1v) is 9.00. The summed E-state index contributed by atoms with van der Waals surface area (Å²) in [6.07, 6.45) is -3.83. The van der Waals surface area contributed by atoms with Gasteiger partial charge >= 0.3 is 12.1 Å². The minimum atomic E-state index is -5.01. The molecule has 0 fully saturated rings. The predicted molar refractivity (Wildman–Crippen MR) is 96.1 cm³/mol. The van der Waals surface area contributed by atoms with E-state index < -0.39 is 30.0 Å². The molecule has 1 aromatic carbocycles.